The molecule has 39 heavy (non-hydrogen) atoms. The van der Waals surface area contributed by atoms with Crippen LogP contribution in [0.15, 0.2) is 77.9 Å². The number of hydrogen-bond acceptors (Lipinski definition) is 7. The Labute approximate surface area is 228 Å². The highest BCUT2D eigenvalue weighted by molar-refractivity contribution is 6.04. The molecule has 0 radical (unpaired) electrons. The van der Waals surface area contributed by atoms with Gasteiger partial charge in [0.25, 0.3) is 5.91 Å². The van der Waals surface area contributed by atoms with Crippen molar-refractivity contribution in [3.05, 3.63) is 89.7 Å². The first-order valence-electron chi connectivity index (χ1n) is 12.8. The van der Waals surface area contributed by atoms with E-state index in [2.05, 4.69) is 20.2 Å². The number of carbonyl (C=O) groups excluding carboxylic acids is 2. The second kappa shape index (κ2) is 13.5. The standard InChI is InChI=1S/C29H34N6O4/c1-34(2)15-8-16-35(29(37)33-26-20-38-27(39-26)17-21-9-4-3-5-10-21)19-22-13-14-25(31-18-22)28(36)32-24-12-7-6-11-23(24)30/h3-7,9-14,18,27H,8,15-17,19-20,30H2,1-2H3,(H,32,36). The molecule has 10 nitrogen and oxygen atoms in total. The lowest BCUT2D eigenvalue weighted by Crippen LogP contribution is -2.32. The molecule has 1 unspecified atom stereocenters. The van der Waals surface area contributed by atoms with Crippen LogP contribution in [0.5, 0.6) is 0 Å². The first-order chi connectivity index (χ1) is 18.9. The van der Waals surface area contributed by atoms with Crippen LogP contribution >= 0.6 is 0 Å². The van der Waals surface area contributed by atoms with Gasteiger partial charge in [0.2, 0.25) is 12.2 Å². The average molecular weight is 531 g/mol. The fraction of sp³-hybridized carbons (Fsp3) is 0.310. The van der Waals surface area contributed by atoms with Crippen LogP contribution in [0.4, 0.5) is 16.2 Å². The molecule has 1 aliphatic rings. The molecule has 10 heteroatoms. The maximum atomic E-state index is 13.1. The number of nitrogen functional groups attached to an aromatic ring is 1. The SMILES string of the molecule is CN(C)CCCN(Cc1ccc(C(=O)Nc2ccccc2N)nc1)C(=O)N=C1COC(Cc2ccccc2)O1. The van der Waals surface area contributed by atoms with Crippen LogP contribution in [0, 0.1) is 0 Å². The van der Waals surface area contributed by atoms with Crippen LogP contribution < -0.4 is 11.1 Å². The molecule has 1 aliphatic heterocycles. The van der Waals surface area contributed by atoms with Crippen molar-refractivity contribution in [3.8, 4) is 0 Å². The van der Waals surface area contributed by atoms with Gasteiger partial charge >= 0.3 is 6.03 Å². The molecule has 4 rings (SSSR count). The number of nitrogens with zero attached hydrogens (tertiary/aromatic N) is 4. The van der Waals surface area contributed by atoms with E-state index in [1.54, 1.807) is 47.5 Å². The molecule has 0 spiro atoms. The Morgan fingerprint density at radius 3 is 2.51 bits per heavy atom. The number of ether oxygens (including phenoxy) is 2. The maximum Gasteiger partial charge on any atom is 0.346 e. The van der Waals surface area contributed by atoms with Crippen LogP contribution in [0.2, 0.25) is 0 Å². The second-order valence-corrected chi connectivity index (χ2v) is 9.51. The van der Waals surface area contributed by atoms with E-state index in [1.807, 2.05) is 44.4 Å². The molecule has 1 saturated heterocycles. The number of aliphatic imine (C=N–C) groups is 1. The minimum atomic E-state index is -0.477. The van der Waals surface area contributed by atoms with E-state index < -0.39 is 12.3 Å². The summed E-state index contributed by atoms with van der Waals surface area (Å²) >= 11 is 0. The van der Waals surface area contributed by atoms with E-state index in [0.717, 1.165) is 24.1 Å². The lowest BCUT2D eigenvalue weighted by molar-refractivity contribution is -0.0209. The molecule has 0 aliphatic carbocycles. The molecule has 2 aromatic carbocycles. The molecule has 1 atom stereocenters. The number of benzene rings is 2. The third-order valence-electron chi connectivity index (χ3n) is 6.07. The highest BCUT2D eigenvalue weighted by Crippen LogP contribution is 2.18. The molecule has 1 fully saturated rings. The zero-order valence-corrected chi connectivity index (χ0v) is 22.2. The number of nitrogens with one attached hydrogen (secondary N) is 1. The molecule has 0 bridgehead atoms. The van der Waals surface area contributed by atoms with Gasteiger partial charge in [-0.25, -0.2) is 4.79 Å². The van der Waals surface area contributed by atoms with Gasteiger partial charge in [-0.1, -0.05) is 48.5 Å². The number of hydrogen-bond donors (Lipinski definition) is 2. The number of amides is 3. The van der Waals surface area contributed by atoms with Crippen molar-refractivity contribution in [1.29, 1.82) is 0 Å². The lowest BCUT2D eigenvalue weighted by Gasteiger charge is -2.21. The summed E-state index contributed by atoms with van der Waals surface area (Å²) in [7, 11) is 3.97. The average Bonchev–Trinajstić information content (AvgIpc) is 3.36. The Bertz CT molecular complexity index is 1280. The van der Waals surface area contributed by atoms with Crippen molar-refractivity contribution in [2.24, 2.45) is 4.99 Å². The zero-order chi connectivity index (χ0) is 27.6. The summed E-state index contributed by atoms with van der Waals surface area (Å²) in [5.74, 6) is -0.0999. The summed E-state index contributed by atoms with van der Waals surface area (Å²) in [5.41, 5.74) is 9.00. The Kier molecular flexibility index (Phi) is 9.60. The van der Waals surface area contributed by atoms with Crippen LogP contribution in [0.25, 0.3) is 0 Å². The van der Waals surface area contributed by atoms with Gasteiger partial charge in [0.1, 0.15) is 12.3 Å². The summed E-state index contributed by atoms with van der Waals surface area (Å²) in [4.78, 5) is 38.0. The first kappa shape index (κ1) is 27.7. The van der Waals surface area contributed by atoms with Gasteiger partial charge < -0.3 is 30.3 Å². The van der Waals surface area contributed by atoms with Crippen molar-refractivity contribution < 1.29 is 19.1 Å². The minimum absolute atomic E-state index is 0.145. The summed E-state index contributed by atoms with van der Waals surface area (Å²) in [6.07, 6.45) is 2.45. The predicted octanol–water partition coefficient (Wildman–Crippen LogP) is 3.80. The third-order valence-corrected chi connectivity index (χ3v) is 6.07. The van der Waals surface area contributed by atoms with Crippen LogP contribution in [-0.4, -0.2) is 72.7 Å². The monoisotopic (exact) mass is 530 g/mol. The van der Waals surface area contributed by atoms with Gasteiger partial charge in [0, 0.05) is 25.7 Å². The molecule has 3 aromatic rings. The fourth-order valence-corrected chi connectivity index (χ4v) is 4.02. The number of para-hydroxylation sites is 2. The van der Waals surface area contributed by atoms with Gasteiger partial charge in [-0.2, -0.15) is 4.99 Å². The second-order valence-electron chi connectivity index (χ2n) is 9.51. The molecule has 3 amide bonds. The zero-order valence-electron chi connectivity index (χ0n) is 22.2. The van der Waals surface area contributed by atoms with Crippen molar-refractivity contribution in [2.75, 3.05) is 44.8 Å². The Balaban J connectivity index is 1.39. The van der Waals surface area contributed by atoms with Gasteiger partial charge in [-0.15, -0.1) is 0 Å². The van der Waals surface area contributed by atoms with Crippen LogP contribution in [0.1, 0.15) is 28.0 Å². The van der Waals surface area contributed by atoms with Gasteiger partial charge in [-0.05, 0) is 56.4 Å². The number of rotatable bonds is 10. The maximum absolute atomic E-state index is 13.1. The Hall–Kier alpha value is -4.28. The molecule has 0 saturated carbocycles. The predicted molar refractivity (Wildman–Crippen MR) is 150 cm³/mol. The van der Waals surface area contributed by atoms with E-state index in [9.17, 15) is 9.59 Å². The first-order valence-corrected chi connectivity index (χ1v) is 12.8. The number of carbonyl (C=O) groups is 2. The number of nitrogens with two attached hydrogens (primary N) is 1. The minimum Gasteiger partial charge on any atom is -0.449 e. The van der Waals surface area contributed by atoms with E-state index in [1.165, 1.54) is 0 Å². The van der Waals surface area contributed by atoms with E-state index in [4.69, 9.17) is 15.2 Å². The molecule has 3 N–H and O–H groups in total. The van der Waals surface area contributed by atoms with Gasteiger partial charge in [0.15, 0.2) is 0 Å². The number of urea groups is 1. The summed E-state index contributed by atoms with van der Waals surface area (Å²) < 4.78 is 11.5. The largest absolute Gasteiger partial charge is 0.449 e. The van der Waals surface area contributed by atoms with Gasteiger partial charge in [0.05, 0.1) is 11.4 Å². The third kappa shape index (κ3) is 8.36. The molecule has 1 aromatic heterocycles. The molecule has 204 valence electrons. The van der Waals surface area contributed by atoms with Gasteiger partial charge in [-0.3, -0.25) is 9.78 Å². The smallest absolute Gasteiger partial charge is 0.346 e. The van der Waals surface area contributed by atoms with Crippen molar-refractivity contribution in [2.45, 2.75) is 25.7 Å². The summed E-state index contributed by atoms with van der Waals surface area (Å²) in [5, 5.41) is 2.76. The molecular formula is C29H34N6O4. The Morgan fingerprint density at radius 2 is 1.79 bits per heavy atom. The fourth-order valence-electron chi connectivity index (χ4n) is 4.02. The normalized spacial score (nSPS) is 15.8. The van der Waals surface area contributed by atoms with Crippen molar-refractivity contribution >= 4 is 29.2 Å². The summed E-state index contributed by atoms with van der Waals surface area (Å²) in [6, 6.07) is 19.9. The van der Waals surface area contributed by atoms with E-state index >= 15 is 0 Å². The lowest BCUT2D eigenvalue weighted by atomic mass is 10.1. The number of anilines is 2. The van der Waals surface area contributed by atoms with E-state index in [0.29, 0.717) is 24.3 Å². The van der Waals surface area contributed by atoms with Crippen LogP contribution in [0.3, 0.4) is 0 Å². The van der Waals surface area contributed by atoms with Crippen LogP contribution in [-0.2, 0) is 22.4 Å². The topological polar surface area (TPSA) is 122 Å². The number of aromatic nitrogens is 1. The number of pyridine rings is 1. The quantitative estimate of drug-likeness (QED) is 0.382. The summed E-state index contributed by atoms with van der Waals surface area (Å²) in [6.45, 7) is 1.75. The van der Waals surface area contributed by atoms with Crippen molar-refractivity contribution in [1.82, 2.24) is 14.8 Å². The van der Waals surface area contributed by atoms with Crippen molar-refractivity contribution in [3.63, 3.8) is 0 Å². The highest BCUT2D eigenvalue weighted by atomic mass is 16.7. The molecule has 2 heterocycles. The highest BCUT2D eigenvalue weighted by Gasteiger charge is 2.25. The van der Waals surface area contributed by atoms with E-state index in [-0.39, 0.29) is 30.7 Å². The Morgan fingerprint density at radius 1 is 1.03 bits per heavy atom. The molecular weight excluding hydrogens is 496 g/mol.